The minimum Gasteiger partial charge on any atom is -0.507 e. The largest absolute Gasteiger partial charge is 0.507 e. The summed E-state index contributed by atoms with van der Waals surface area (Å²) in [6.07, 6.45) is 14.2. The maximum Gasteiger partial charge on any atom is 0.128 e. The van der Waals surface area contributed by atoms with Gasteiger partial charge in [-0.25, -0.2) is 0 Å². The van der Waals surface area contributed by atoms with Crippen molar-refractivity contribution in [3.8, 4) is 23.8 Å². The van der Waals surface area contributed by atoms with Crippen molar-refractivity contribution in [2.45, 2.75) is 65.2 Å². The average molecular weight is 403 g/mol. The van der Waals surface area contributed by atoms with E-state index in [1.54, 1.807) is 6.07 Å². The minimum atomic E-state index is -0.112. The number of phenols is 2. The zero-order chi connectivity index (χ0) is 22.2. The molecule has 1 unspecified atom stereocenters. The Balaban J connectivity index is 2.27. The van der Waals surface area contributed by atoms with E-state index in [-0.39, 0.29) is 35.2 Å². The van der Waals surface area contributed by atoms with Crippen molar-refractivity contribution >= 4 is 0 Å². The number of aromatic hydroxyl groups is 2. The molecule has 0 saturated carbocycles. The monoisotopic (exact) mass is 402 g/mol. The molecule has 0 amide bonds. The van der Waals surface area contributed by atoms with Gasteiger partial charge in [-0.3, -0.25) is 0 Å². The Kier molecular flexibility index (Phi) is 6.32. The summed E-state index contributed by atoms with van der Waals surface area (Å²) in [5.74, 6) is 3.14. The molecule has 3 rings (SSSR count). The molecule has 0 saturated heterocycles. The Morgan fingerprint density at radius 1 is 0.933 bits per heavy atom. The Morgan fingerprint density at radius 3 is 1.83 bits per heavy atom. The number of allylic oxidation sites excluding steroid dienone is 6. The van der Waals surface area contributed by atoms with Crippen LogP contribution in [0.25, 0.3) is 0 Å². The van der Waals surface area contributed by atoms with Gasteiger partial charge < -0.3 is 10.2 Å². The lowest BCUT2D eigenvalue weighted by atomic mass is 9.70. The fourth-order valence-electron chi connectivity index (χ4n) is 5.28. The number of phenolic OH excluding ortho intramolecular Hbond substituents is 2. The maximum atomic E-state index is 11.6. The highest BCUT2D eigenvalue weighted by molar-refractivity contribution is 5.62. The Bertz CT molecular complexity index is 983. The van der Waals surface area contributed by atoms with Crippen LogP contribution in [-0.2, 0) is 0 Å². The van der Waals surface area contributed by atoms with Crippen molar-refractivity contribution in [3.63, 3.8) is 0 Å². The molecule has 0 fully saturated rings. The molecular formula is C28H34O2. The van der Waals surface area contributed by atoms with Crippen LogP contribution in [0.15, 0.2) is 53.7 Å². The lowest BCUT2D eigenvalue weighted by molar-refractivity contribution is 0.394. The molecule has 0 bridgehead atoms. The number of hydrogen-bond acceptors (Lipinski definition) is 2. The summed E-state index contributed by atoms with van der Waals surface area (Å²) in [4.78, 5) is 0. The molecule has 0 spiro atoms. The van der Waals surface area contributed by atoms with Crippen LogP contribution in [0.4, 0.5) is 0 Å². The standard InChI is InChI=1S/C28H34O2/c1-8-20-15-25(29)27(24-14-19(7)10-12-22(24)17(4)5)28(30)26(20)23-13-18(6)9-11-21(23)16(2)3/h1,13-15,21-24,29-30H,2,4,9-12H2,3,5-7H3/t21-,22+,23+,24?/m0/s1. The quantitative estimate of drug-likeness (QED) is 0.416. The first-order valence-corrected chi connectivity index (χ1v) is 10.9. The summed E-state index contributed by atoms with van der Waals surface area (Å²) in [5.41, 5.74) is 6.60. The van der Waals surface area contributed by atoms with Crippen LogP contribution in [0.1, 0.15) is 81.9 Å². The van der Waals surface area contributed by atoms with E-state index in [2.05, 4.69) is 45.1 Å². The third-order valence-electron chi connectivity index (χ3n) is 6.94. The van der Waals surface area contributed by atoms with Gasteiger partial charge in [0.25, 0.3) is 0 Å². The van der Waals surface area contributed by atoms with Crippen LogP contribution in [0.2, 0.25) is 0 Å². The third-order valence-corrected chi connectivity index (χ3v) is 6.94. The Hall–Kier alpha value is -2.66. The van der Waals surface area contributed by atoms with E-state index >= 15 is 0 Å². The smallest absolute Gasteiger partial charge is 0.128 e. The average Bonchev–Trinajstić information content (AvgIpc) is 2.67. The molecule has 4 atom stereocenters. The van der Waals surface area contributed by atoms with Gasteiger partial charge in [-0.2, -0.15) is 0 Å². The molecule has 2 aliphatic carbocycles. The van der Waals surface area contributed by atoms with Crippen LogP contribution in [0, 0.1) is 24.2 Å². The molecule has 0 aromatic heterocycles. The van der Waals surface area contributed by atoms with Crippen LogP contribution in [-0.4, -0.2) is 10.2 Å². The van der Waals surface area contributed by atoms with Crippen molar-refractivity contribution in [1.29, 1.82) is 0 Å². The second-order valence-corrected chi connectivity index (χ2v) is 9.32. The first-order valence-electron chi connectivity index (χ1n) is 10.9. The van der Waals surface area contributed by atoms with Gasteiger partial charge in [0, 0.05) is 28.5 Å². The van der Waals surface area contributed by atoms with Gasteiger partial charge in [-0.15, -0.1) is 6.42 Å². The van der Waals surface area contributed by atoms with Gasteiger partial charge in [-0.1, -0.05) is 53.5 Å². The van der Waals surface area contributed by atoms with Gasteiger partial charge in [0.1, 0.15) is 11.5 Å². The van der Waals surface area contributed by atoms with Crippen LogP contribution >= 0.6 is 0 Å². The predicted octanol–water partition coefficient (Wildman–Crippen LogP) is 7.11. The van der Waals surface area contributed by atoms with Gasteiger partial charge in [0.15, 0.2) is 0 Å². The number of benzene rings is 1. The zero-order valence-corrected chi connectivity index (χ0v) is 18.8. The van der Waals surface area contributed by atoms with Crippen LogP contribution in [0.3, 0.4) is 0 Å². The van der Waals surface area contributed by atoms with E-state index in [1.165, 1.54) is 11.1 Å². The molecule has 1 aromatic rings. The lowest BCUT2D eigenvalue weighted by Crippen LogP contribution is -2.20. The van der Waals surface area contributed by atoms with E-state index in [0.29, 0.717) is 11.1 Å². The van der Waals surface area contributed by atoms with E-state index in [4.69, 9.17) is 6.42 Å². The number of hydrogen-bond donors (Lipinski definition) is 2. The summed E-state index contributed by atoms with van der Waals surface area (Å²) in [5, 5.41) is 22.5. The molecule has 2 N–H and O–H groups in total. The Morgan fingerprint density at radius 2 is 1.40 bits per heavy atom. The molecule has 2 nitrogen and oxygen atoms in total. The summed E-state index contributed by atoms with van der Waals surface area (Å²) in [6, 6.07) is 1.66. The van der Waals surface area contributed by atoms with Gasteiger partial charge in [-0.05, 0) is 71.3 Å². The molecule has 1 aromatic carbocycles. The molecule has 0 heterocycles. The first kappa shape index (κ1) is 22.0. The fraction of sp³-hybridized carbons (Fsp3) is 0.429. The molecule has 0 radical (unpaired) electrons. The van der Waals surface area contributed by atoms with E-state index in [1.807, 2.05) is 13.8 Å². The second-order valence-electron chi connectivity index (χ2n) is 9.32. The maximum absolute atomic E-state index is 11.6. The number of rotatable bonds is 4. The SMILES string of the molecule is C#Cc1cc(O)c(C2C=C(C)CC[C@@H]2C(=C)C)c(O)c1[C@@H]1C=C(C)CC[C@H]1C(=C)C. The normalized spacial score (nSPS) is 26.4. The van der Waals surface area contributed by atoms with E-state index < -0.39 is 0 Å². The van der Waals surface area contributed by atoms with Crippen molar-refractivity contribution in [2.24, 2.45) is 11.8 Å². The fourth-order valence-corrected chi connectivity index (χ4v) is 5.28. The van der Waals surface area contributed by atoms with Crippen molar-refractivity contribution in [3.05, 3.63) is 70.4 Å². The highest BCUT2D eigenvalue weighted by Gasteiger charge is 2.35. The molecule has 30 heavy (non-hydrogen) atoms. The lowest BCUT2D eigenvalue weighted by Gasteiger charge is -2.35. The molecule has 158 valence electrons. The molecule has 2 heteroatoms. The molecular weight excluding hydrogens is 368 g/mol. The topological polar surface area (TPSA) is 40.5 Å². The summed E-state index contributed by atoms with van der Waals surface area (Å²) in [7, 11) is 0. The van der Waals surface area contributed by atoms with Crippen LogP contribution < -0.4 is 0 Å². The highest BCUT2D eigenvalue weighted by Crippen LogP contribution is 2.52. The zero-order valence-electron chi connectivity index (χ0n) is 18.8. The summed E-state index contributed by atoms with van der Waals surface area (Å²) in [6.45, 7) is 16.7. The van der Waals surface area contributed by atoms with Crippen molar-refractivity contribution < 1.29 is 10.2 Å². The first-order chi connectivity index (χ1) is 14.1. The molecule has 0 aliphatic heterocycles. The summed E-state index contributed by atoms with van der Waals surface area (Å²) < 4.78 is 0. The minimum absolute atomic E-state index is 0.0430. The van der Waals surface area contributed by atoms with Gasteiger partial charge in [0.2, 0.25) is 0 Å². The Labute approximate surface area is 181 Å². The summed E-state index contributed by atoms with van der Waals surface area (Å²) >= 11 is 0. The van der Waals surface area contributed by atoms with E-state index in [9.17, 15) is 10.2 Å². The van der Waals surface area contributed by atoms with Gasteiger partial charge in [0.05, 0.1) is 0 Å². The number of terminal acetylenes is 1. The highest BCUT2D eigenvalue weighted by atomic mass is 16.3. The molecule has 2 aliphatic rings. The van der Waals surface area contributed by atoms with Gasteiger partial charge >= 0.3 is 0 Å². The van der Waals surface area contributed by atoms with Crippen molar-refractivity contribution in [1.82, 2.24) is 0 Å². The second kappa shape index (κ2) is 8.60. The van der Waals surface area contributed by atoms with E-state index in [0.717, 1.165) is 42.4 Å². The van der Waals surface area contributed by atoms with Crippen molar-refractivity contribution in [2.75, 3.05) is 0 Å². The van der Waals surface area contributed by atoms with Crippen LogP contribution in [0.5, 0.6) is 11.5 Å². The predicted molar refractivity (Wildman–Crippen MR) is 126 cm³/mol. The third kappa shape index (κ3) is 3.99.